The van der Waals surface area contributed by atoms with Crippen molar-refractivity contribution in [3.63, 3.8) is 0 Å². The number of nitrogens with zero attached hydrogens (tertiary/aromatic N) is 2. The van der Waals surface area contributed by atoms with E-state index in [1.165, 1.54) is 11.3 Å². The standard InChI is InChI=1S/C13H12N2O2S2/c1-17-5-4-15-8-14-12-11(13(15)16)9(7-19-12)10-3-2-6-18-10/h2-3,6-8H,4-5H2,1H3. The maximum Gasteiger partial charge on any atom is 0.262 e. The average molecular weight is 292 g/mol. The molecule has 0 N–H and O–H groups in total. The molecule has 0 aliphatic carbocycles. The van der Waals surface area contributed by atoms with Crippen molar-refractivity contribution < 1.29 is 4.74 Å². The number of methoxy groups -OCH3 is 1. The molecule has 3 rings (SSSR count). The van der Waals surface area contributed by atoms with Gasteiger partial charge in [-0.2, -0.15) is 0 Å². The van der Waals surface area contributed by atoms with Gasteiger partial charge in [-0.15, -0.1) is 22.7 Å². The van der Waals surface area contributed by atoms with Gasteiger partial charge in [0.2, 0.25) is 0 Å². The van der Waals surface area contributed by atoms with E-state index in [-0.39, 0.29) is 5.56 Å². The molecule has 0 aliphatic heterocycles. The molecule has 3 heterocycles. The number of hydrogen-bond acceptors (Lipinski definition) is 5. The Bertz CT molecular complexity index is 744. The van der Waals surface area contributed by atoms with Crippen LogP contribution in [0.15, 0.2) is 34.0 Å². The van der Waals surface area contributed by atoms with E-state index in [0.29, 0.717) is 18.5 Å². The zero-order valence-corrected chi connectivity index (χ0v) is 12.0. The fourth-order valence-corrected chi connectivity index (χ4v) is 3.65. The van der Waals surface area contributed by atoms with Gasteiger partial charge in [0.15, 0.2) is 0 Å². The number of ether oxygens (including phenoxy) is 1. The van der Waals surface area contributed by atoms with Crippen LogP contribution >= 0.6 is 22.7 Å². The van der Waals surface area contributed by atoms with Gasteiger partial charge >= 0.3 is 0 Å². The first kappa shape index (κ1) is 12.5. The number of thiophene rings is 2. The molecule has 0 saturated carbocycles. The van der Waals surface area contributed by atoms with Gasteiger partial charge in [-0.25, -0.2) is 4.98 Å². The number of aromatic nitrogens is 2. The van der Waals surface area contributed by atoms with Crippen molar-refractivity contribution >= 4 is 32.9 Å². The van der Waals surface area contributed by atoms with Crippen LogP contribution in [0.5, 0.6) is 0 Å². The summed E-state index contributed by atoms with van der Waals surface area (Å²) in [6.45, 7) is 1.03. The summed E-state index contributed by atoms with van der Waals surface area (Å²) in [7, 11) is 1.62. The minimum absolute atomic E-state index is 0.00620. The van der Waals surface area contributed by atoms with Crippen LogP contribution in [0.2, 0.25) is 0 Å². The first-order valence-electron chi connectivity index (χ1n) is 5.80. The van der Waals surface area contributed by atoms with Crippen molar-refractivity contribution in [3.8, 4) is 10.4 Å². The van der Waals surface area contributed by atoms with Crippen molar-refractivity contribution in [3.05, 3.63) is 39.6 Å². The lowest BCUT2D eigenvalue weighted by Crippen LogP contribution is -2.22. The van der Waals surface area contributed by atoms with Gasteiger partial charge in [-0.3, -0.25) is 9.36 Å². The first-order chi connectivity index (χ1) is 9.31. The van der Waals surface area contributed by atoms with Crippen LogP contribution < -0.4 is 5.56 Å². The number of fused-ring (bicyclic) bond motifs is 1. The molecule has 4 nitrogen and oxygen atoms in total. The zero-order valence-electron chi connectivity index (χ0n) is 10.3. The molecule has 0 atom stereocenters. The Morgan fingerprint density at radius 3 is 3.05 bits per heavy atom. The Labute approximate surface area is 117 Å². The van der Waals surface area contributed by atoms with Gasteiger partial charge < -0.3 is 4.74 Å². The predicted octanol–water partition coefficient (Wildman–Crippen LogP) is 2.83. The third-order valence-corrected chi connectivity index (χ3v) is 4.67. The molecular weight excluding hydrogens is 280 g/mol. The molecule has 0 saturated heterocycles. The average Bonchev–Trinajstić information content (AvgIpc) is 3.06. The molecule has 0 aliphatic rings. The van der Waals surface area contributed by atoms with E-state index in [1.807, 2.05) is 22.9 Å². The Kier molecular flexibility index (Phi) is 3.46. The monoisotopic (exact) mass is 292 g/mol. The van der Waals surface area contributed by atoms with E-state index in [1.54, 1.807) is 29.3 Å². The van der Waals surface area contributed by atoms with Crippen LogP contribution in [-0.4, -0.2) is 23.3 Å². The third-order valence-electron chi connectivity index (χ3n) is 2.88. The lowest BCUT2D eigenvalue weighted by atomic mass is 10.2. The van der Waals surface area contributed by atoms with Crippen LogP contribution in [0.4, 0.5) is 0 Å². The highest BCUT2D eigenvalue weighted by atomic mass is 32.1. The van der Waals surface area contributed by atoms with Gasteiger partial charge in [0.05, 0.1) is 24.9 Å². The van der Waals surface area contributed by atoms with Gasteiger partial charge in [0.1, 0.15) is 4.83 Å². The van der Waals surface area contributed by atoms with Crippen LogP contribution in [-0.2, 0) is 11.3 Å². The molecule has 0 spiro atoms. The van der Waals surface area contributed by atoms with Crippen molar-refractivity contribution in [1.29, 1.82) is 0 Å². The van der Waals surface area contributed by atoms with Gasteiger partial charge in [-0.1, -0.05) is 6.07 Å². The second-order valence-electron chi connectivity index (χ2n) is 4.04. The van der Waals surface area contributed by atoms with E-state index in [2.05, 4.69) is 4.98 Å². The second-order valence-corrected chi connectivity index (χ2v) is 5.85. The lowest BCUT2D eigenvalue weighted by Gasteiger charge is -2.04. The maximum atomic E-state index is 12.5. The Hall–Kier alpha value is -1.50. The molecular formula is C13H12N2O2S2. The highest BCUT2D eigenvalue weighted by Crippen LogP contribution is 2.33. The van der Waals surface area contributed by atoms with Crippen LogP contribution in [0.1, 0.15) is 0 Å². The largest absolute Gasteiger partial charge is 0.383 e. The quantitative estimate of drug-likeness (QED) is 0.742. The van der Waals surface area contributed by atoms with Crippen LogP contribution in [0, 0.1) is 0 Å². The molecule has 0 fully saturated rings. The minimum Gasteiger partial charge on any atom is -0.383 e. The molecule has 3 aromatic heterocycles. The molecule has 98 valence electrons. The summed E-state index contributed by atoms with van der Waals surface area (Å²) in [5, 5.41) is 4.73. The number of rotatable bonds is 4. The summed E-state index contributed by atoms with van der Waals surface area (Å²) in [4.78, 5) is 18.7. The molecule has 3 aromatic rings. The van der Waals surface area contributed by atoms with Crippen molar-refractivity contribution in [1.82, 2.24) is 9.55 Å². The lowest BCUT2D eigenvalue weighted by molar-refractivity contribution is 0.186. The Morgan fingerprint density at radius 2 is 2.32 bits per heavy atom. The van der Waals surface area contributed by atoms with E-state index >= 15 is 0 Å². The Balaban J connectivity index is 2.18. The number of hydrogen-bond donors (Lipinski definition) is 0. The highest BCUT2D eigenvalue weighted by molar-refractivity contribution is 7.18. The topological polar surface area (TPSA) is 44.1 Å². The van der Waals surface area contributed by atoms with E-state index in [0.717, 1.165) is 15.3 Å². The summed E-state index contributed by atoms with van der Waals surface area (Å²) in [5.74, 6) is 0. The van der Waals surface area contributed by atoms with Crippen molar-refractivity contribution in [2.45, 2.75) is 6.54 Å². The summed E-state index contributed by atoms with van der Waals surface area (Å²) >= 11 is 3.14. The molecule has 0 bridgehead atoms. The van der Waals surface area contributed by atoms with E-state index in [9.17, 15) is 4.79 Å². The molecule has 19 heavy (non-hydrogen) atoms. The normalized spacial score (nSPS) is 11.2. The minimum atomic E-state index is 0.00620. The summed E-state index contributed by atoms with van der Waals surface area (Å²) < 4.78 is 6.62. The smallest absolute Gasteiger partial charge is 0.262 e. The predicted molar refractivity (Wildman–Crippen MR) is 79.1 cm³/mol. The SMILES string of the molecule is COCCn1cnc2scc(-c3cccs3)c2c1=O. The zero-order chi connectivity index (χ0) is 13.2. The summed E-state index contributed by atoms with van der Waals surface area (Å²) in [5.41, 5.74) is 0.992. The molecule has 0 radical (unpaired) electrons. The van der Waals surface area contributed by atoms with E-state index in [4.69, 9.17) is 4.74 Å². The first-order valence-corrected chi connectivity index (χ1v) is 7.56. The van der Waals surface area contributed by atoms with Gasteiger partial charge in [-0.05, 0) is 11.4 Å². The molecule has 0 amide bonds. The summed E-state index contributed by atoms with van der Waals surface area (Å²) in [6.07, 6.45) is 1.60. The molecule has 0 unspecified atom stereocenters. The van der Waals surface area contributed by atoms with Crippen LogP contribution in [0.25, 0.3) is 20.7 Å². The van der Waals surface area contributed by atoms with Crippen molar-refractivity contribution in [2.24, 2.45) is 0 Å². The maximum absolute atomic E-state index is 12.5. The molecule has 6 heteroatoms. The van der Waals surface area contributed by atoms with Gasteiger partial charge in [0, 0.05) is 22.9 Å². The molecule has 0 aromatic carbocycles. The summed E-state index contributed by atoms with van der Waals surface area (Å²) in [6, 6.07) is 4.02. The van der Waals surface area contributed by atoms with Crippen molar-refractivity contribution in [2.75, 3.05) is 13.7 Å². The fourth-order valence-electron chi connectivity index (χ4n) is 1.93. The second kappa shape index (κ2) is 5.24. The highest BCUT2D eigenvalue weighted by Gasteiger charge is 2.13. The van der Waals surface area contributed by atoms with Crippen LogP contribution in [0.3, 0.4) is 0 Å². The third kappa shape index (κ3) is 2.22. The van der Waals surface area contributed by atoms with Gasteiger partial charge in [0.25, 0.3) is 5.56 Å². The Morgan fingerprint density at radius 1 is 1.42 bits per heavy atom. The fraction of sp³-hybridized carbons (Fsp3) is 0.231. The van der Waals surface area contributed by atoms with E-state index < -0.39 is 0 Å².